The van der Waals surface area contributed by atoms with Crippen LogP contribution in [-0.2, 0) is 15.7 Å². The summed E-state index contributed by atoms with van der Waals surface area (Å²) in [6.45, 7) is 13.2. The van der Waals surface area contributed by atoms with Crippen molar-refractivity contribution in [3.05, 3.63) is 29.7 Å². The largest absolute Gasteiger partial charge is 0.493 e. The average molecular weight is 696 g/mol. The first-order valence-corrected chi connectivity index (χ1v) is 17.2. The fraction of sp³-hybridized carbons (Fsp3) is 0.686. The summed E-state index contributed by atoms with van der Waals surface area (Å²) < 4.78 is 64.0. The smallest absolute Gasteiger partial charge is 0.437 e. The summed E-state index contributed by atoms with van der Waals surface area (Å²) in [4.78, 5) is 35.3. The van der Waals surface area contributed by atoms with Crippen molar-refractivity contribution in [3.8, 4) is 17.1 Å². The Kier molecular flexibility index (Phi) is 14.3. The number of nitrogens with zero attached hydrogens (tertiary/aromatic N) is 4. The molecule has 0 spiro atoms. The molecular formula is C35H52F3N5O6. The molecule has 1 atom stereocenters. The van der Waals surface area contributed by atoms with Crippen LogP contribution in [0.4, 0.5) is 22.8 Å². The van der Waals surface area contributed by atoms with Crippen LogP contribution in [0, 0.1) is 0 Å². The number of piperidine rings is 1. The standard InChI is InChI=1S/C35H52F3N5O6/c1-8-9-10-11-12-13-14-15-21-46-27-19-18-24(22-26(27)35(36,37)38)28-39-29(49-42-28)25-17-16-20-43(23-25)30(40-31(44)47-33(2,3)4)41-32(45)48-34(5,6)7/h18-19,22,25H,8-17,20-21,23H2,1-7H3,(H,40,41,44,45)/t25-/m1/s1. The summed E-state index contributed by atoms with van der Waals surface area (Å²) >= 11 is 0. The summed E-state index contributed by atoms with van der Waals surface area (Å²) in [6.07, 6.45) is 3.43. The number of hydrogen-bond donors (Lipinski definition) is 1. The van der Waals surface area contributed by atoms with Crippen molar-refractivity contribution in [2.75, 3.05) is 19.7 Å². The molecule has 11 nitrogen and oxygen atoms in total. The zero-order chi connectivity index (χ0) is 36.2. The molecule has 0 saturated carbocycles. The lowest BCUT2D eigenvalue weighted by atomic mass is 9.98. The Balaban J connectivity index is 1.72. The molecule has 1 fully saturated rings. The average Bonchev–Trinajstić information content (AvgIpc) is 3.48. The quantitative estimate of drug-likeness (QED) is 0.131. The normalized spacial score (nSPS) is 16.0. The number of aliphatic imine (C=N–C) groups is 1. The summed E-state index contributed by atoms with van der Waals surface area (Å²) in [6, 6.07) is 3.75. The molecule has 0 bridgehead atoms. The molecule has 0 unspecified atom stereocenters. The van der Waals surface area contributed by atoms with Crippen molar-refractivity contribution in [3.63, 3.8) is 0 Å². The van der Waals surface area contributed by atoms with E-state index < -0.39 is 35.1 Å². The molecule has 2 aromatic rings. The number of hydrogen-bond acceptors (Lipinski definition) is 8. The Labute approximate surface area is 287 Å². The minimum absolute atomic E-state index is 0.00164. The van der Waals surface area contributed by atoms with Crippen LogP contribution in [0.15, 0.2) is 27.7 Å². The molecule has 2 heterocycles. The minimum atomic E-state index is -4.65. The van der Waals surface area contributed by atoms with Crippen LogP contribution in [-0.4, -0.2) is 64.1 Å². The summed E-state index contributed by atoms with van der Waals surface area (Å²) in [5, 5.41) is 6.53. The van der Waals surface area contributed by atoms with Crippen molar-refractivity contribution in [2.24, 2.45) is 4.99 Å². The Bertz CT molecular complexity index is 1400. The van der Waals surface area contributed by atoms with Crippen molar-refractivity contribution < 1.29 is 41.5 Å². The molecule has 14 heteroatoms. The molecule has 49 heavy (non-hydrogen) atoms. The molecule has 1 aromatic carbocycles. The molecule has 274 valence electrons. The third kappa shape index (κ3) is 13.9. The zero-order valence-corrected chi connectivity index (χ0v) is 29.9. The van der Waals surface area contributed by atoms with E-state index in [-0.39, 0.29) is 48.1 Å². The first-order valence-electron chi connectivity index (χ1n) is 17.2. The van der Waals surface area contributed by atoms with Crippen molar-refractivity contribution >= 4 is 18.1 Å². The maximum atomic E-state index is 14.1. The predicted molar refractivity (Wildman–Crippen MR) is 179 cm³/mol. The third-order valence-corrected chi connectivity index (χ3v) is 7.51. The maximum absolute atomic E-state index is 14.1. The second-order valence-electron chi connectivity index (χ2n) is 14.3. The Morgan fingerprint density at radius 1 is 0.980 bits per heavy atom. The van der Waals surface area contributed by atoms with Crippen LogP contribution in [0.25, 0.3) is 11.4 Å². The highest BCUT2D eigenvalue weighted by Crippen LogP contribution is 2.39. The molecule has 0 aliphatic carbocycles. The maximum Gasteiger partial charge on any atom is 0.437 e. The van der Waals surface area contributed by atoms with Gasteiger partial charge in [-0.05, 0) is 79.0 Å². The zero-order valence-electron chi connectivity index (χ0n) is 29.9. The van der Waals surface area contributed by atoms with Gasteiger partial charge < -0.3 is 23.6 Å². The highest BCUT2D eigenvalue weighted by atomic mass is 19.4. The number of guanidine groups is 1. The highest BCUT2D eigenvalue weighted by molar-refractivity contribution is 5.99. The lowest BCUT2D eigenvalue weighted by Gasteiger charge is -2.33. The number of carbonyl (C=O) groups excluding carboxylic acids is 2. The number of ether oxygens (including phenoxy) is 3. The predicted octanol–water partition coefficient (Wildman–Crippen LogP) is 9.27. The lowest BCUT2D eigenvalue weighted by Crippen LogP contribution is -2.49. The van der Waals surface area contributed by atoms with E-state index in [1.165, 1.54) is 37.8 Å². The van der Waals surface area contributed by atoms with E-state index in [0.717, 1.165) is 25.3 Å². The highest BCUT2D eigenvalue weighted by Gasteiger charge is 2.36. The van der Waals surface area contributed by atoms with Crippen LogP contribution in [0.1, 0.15) is 130 Å². The number of likely N-dealkylation sites (tertiary alicyclic amines) is 1. The van der Waals surface area contributed by atoms with E-state index in [1.54, 1.807) is 46.4 Å². The molecule has 1 N–H and O–H groups in total. The van der Waals surface area contributed by atoms with Crippen LogP contribution in [0.3, 0.4) is 0 Å². The van der Waals surface area contributed by atoms with Gasteiger partial charge in [0.15, 0.2) is 0 Å². The summed E-state index contributed by atoms with van der Waals surface area (Å²) in [5.74, 6) is -0.458. The molecule has 1 aliphatic rings. The van der Waals surface area contributed by atoms with E-state index >= 15 is 0 Å². The summed E-state index contributed by atoms with van der Waals surface area (Å²) in [5.41, 5.74) is -2.38. The van der Waals surface area contributed by atoms with Gasteiger partial charge in [-0.25, -0.2) is 9.59 Å². The van der Waals surface area contributed by atoms with Crippen molar-refractivity contribution in [2.45, 2.75) is 136 Å². The number of amides is 2. The number of rotatable bonds is 12. The number of nitrogens with one attached hydrogen (secondary N) is 1. The van der Waals surface area contributed by atoms with Gasteiger partial charge in [0.25, 0.3) is 0 Å². The topological polar surface area (TPSA) is 128 Å². The lowest BCUT2D eigenvalue weighted by molar-refractivity contribution is -0.138. The number of alkyl halides is 3. The Hall–Kier alpha value is -3.84. The first-order chi connectivity index (χ1) is 22.9. The molecular weight excluding hydrogens is 643 g/mol. The van der Waals surface area contributed by atoms with Crippen LogP contribution in [0.2, 0.25) is 0 Å². The van der Waals surface area contributed by atoms with Gasteiger partial charge in [0.05, 0.1) is 18.1 Å². The third-order valence-electron chi connectivity index (χ3n) is 7.51. The van der Waals surface area contributed by atoms with Crippen LogP contribution >= 0.6 is 0 Å². The Morgan fingerprint density at radius 3 is 2.27 bits per heavy atom. The van der Waals surface area contributed by atoms with Crippen LogP contribution in [0.5, 0.6) is 5.75 Å². The van der Waals surface area contributed by atoms with E-state index in [2.05, 4.69) is 27.4 Å². The monoisotopic (exact) mass is 695 g/mol. The molecule has 1 aromatic heterocycles. The number of halogens is 3. The minimum Gasteiger partial charge on any atom is -0.493 e. The van der Waals surface area contributed by atoms with Gasteiger partial charge in [-0.1, -0.05) is 57.0 Å². The second-order valence-corrected chi connectivity index (χ2v) is 14.3. The number of unbranched alkanes of at least 4 members (excludes halogenated alkanes) is 7. The fourth-order valence-electron chi connectivity index (χ4n) is 5.27. The molecule has 0 radical (unpaired) electrons. The van der Waals surface area contributed by atoms with E-state index in [9.17, 15) is 22.8 Å². The van der Waals surface area contributed by atoms with Gasteiger partial charge in [-0.3, -0.25) is 5.32 Å². The number of carbonyl (C=O) groups is 2. The van der Waals surface area contributed by atoms with Crippen molar-refractivity contribution in [1.29, 1.82) is 0 Å². The van der Waals surface area contributed by atoms with Gasteiger partial charge in [0.2, 0.25) is 17.7 Å². The number of benzene rings is 1. The van der Waals surface area contributed by atoms with E-state index in [0.29, 0.717) is 25.8 Å². The van der Waals surface area contributed by atoms with Gasteiger partial charge in [-0.2, -0.15) is 18.2 Å². The van der Waals surface area contributed by atoms with Crippen LogP contribution < -0.4 is 10.1 Å². The van der Waals surface area contributed by atoms with Gasteiger partial charge in [0.1, 0.15) is 17.0 Å². The second kappa shape index (κ2) is 17.7. The van der Waals surface area contributed by atoms with Gasteiger partial charge in [0, 0.05) is 18.7 Å². The molecule has 2 amide bonds. The van der Waals surface area contributed by atoms with E-state index in [4.69, 9.17) is 18.7 Å². The van der Waals surface area contributed by atoms with Gasteiger partial charge >= 0.3 is 18.4 Å². The van der Waals surface area contributed by atoms with Crippen molar-refractivity contribution in [1.82, 2.24) is 20.4 Å². The first kappa shape index (κ1) is 39.6. The van der Waals surface area contributed by atoms with Gasteiger partial charge in [-0.15, -0.1) is 4.99 Å². The molecule has 1 saturated heterocycles. The fourth-order valence-corrected chi connectivity index (χ4v) is 5.27. The summed E-state index contributed by atoms with van der Waals surface area (Å²) in [7, 11) is 0. The van der Waals surface area contributed by atoms with E-state index in [1.807, 2.05) is 0 Å². The molecule has 3 rings (SSSR count). The SMILES string of the molecule is CCCCCCCCCCOc1ccc(-c2noc([C@@H]3CCCN(C(=NC(=O)OC(C)(C)C)NC(=O)OC(C)(C)C)C3)n2)cc1C(F)(F)F. The number of aromatic nitrogens is 2. The number of alkyl carbamates (subject to hydrolysis) is 1. The molecule has 1 aliphatic heterocycles. The Morgan fingerprint density at radius 2 is 1.63 bits per heavy atom.